The van der Waals surface area contributed by atoms with E-state index in [0.29, 0.717) is 17.5 Å². The van der Waals surface area contributed by atoms with Crippen LogP contribution in [-0.2, 0) is 9.31 Å². The zero-order valence-electron chi connectivity index (χ0n) is 19.0. The van der Waals surface area contributed by atoms with E-state index in [4.69, 9.17) is 24.3 Å². The molecule has 2 heterocycles. The summed E-state index contributed by atoms with van der Waals surface area (Å²) in [7, 11) is -0.573. The first-order valence-corrected chi connectivity index (χ1v) is 11.0. The molecule has 6 heteroatoms. The van der Waals surface area contributed by atoms with E-state index >= 15 is 0 Å². The number of benzene rings is 3. The van der Waals surface area contributed by atoms with Gasteiger partial charge in [-0.15, -0.1) is 0 Å². The number of hydrogen-bond acceptors (Lipinski definition) is 5. The first kappa shape index (κ1) is 21.4. The quantitative estimate of drug-likeness (QED) is 0.335. The van der Waals surface area contributed by atoms with E-state index < -0.39 is 18.3 Å². The SMILES string of the molecule is [CH2+]C1(C)OB(c2ccccc2-c2nc(-c3ccccc3)nc(-c3ccccc3)n2)OC1(C)C. The van der Waals surface area contributed by atoms with Gasteiger partial charge in [-0.05, 0) is 19.3 Å². The van der Waals surface area contributed by atoms with Crippen LogP contribution in [0.15, 0.2) is 84.9 Å². The molecule has 0 aliphatic carbocycles. The van der Waals surface area contributed by atoms with Crippen LogP contribution in [0.3, 0.4) is 0 Å². The molecular formula is C27H25BN3O2+. The third-order valence-corrected chi connectivity index (χ3v) is 6.20. The van der Waals surface area contributed by atoms with Gasteiger partial charge in [0.1, 0.15) is 5.60 Å². The van der Waals surface area contributed by atoms with E-state index in [1.807, 2.05) is 106 Å². The van der Waals surface area contributed by atoms with Gasteiger partial charge in [-0.2, -0.15) is 0 Å². The van der Waals surface area contributed by atoms with Crippen molar-refractivity contribution in [3.05, 3.63) is 91.9 Å². The van der Waals surface area contributed by atoms with Crippen molar-refractivity contribution < 1.29 is 9.31 Å². The van der Waals surface area contributed by atoms with Crippen LogP contribution in [0.4, 0.5) is 0 Å². The minimum atomic E-state index is -0.686. The molecule has 162 valence electrons. The Morgan fingerprint density at radius 2 is 1.12 bits per heavy atom. The van der Waals surface area contributed by atoms with Crippen LogP contribution in [0.25, 0.3) is 34.2 Å². The van der Waals surface area contributed by atoms with Gasteiger partial charge in [-0.3, -0.25) is 0 Å². The Morgan fingerprint density at radius 3 is 1.64 bits per heavy atom. The fourth-order valence-corrected chi connectivity index (χ4v) is 3.76. The van der Waals surface area contributed by atoms with Gasteiger partial charge in [0.15, 0.2) is 17.5 Å². The smallest absolute Gasteiger partial charge is 0.395 e. The lowest BCUT2D eigenvalue weighted by Gasteiger charge is -2.25. The van der Waals surface area contributed by atoms with Crippen molar-refractivity contribution in [3.63, 3.8) is 0 Å². The predicted molar refractivity (Wildman–Crippen MR) is 132 cm³/mol. The fourth-order valence-electron chi connectivity index (χ4n) is 3.76. The Hall–Kier alpha value is -3.48. The molecule has 1 saturated heterocycles. The Bertz CT molecular complexity index is 1200. The van der Waals surface area contributed by atoms with Crippen LogP contribution < -0.4 is 5.46 Å². The molecule has 4 aromatic rings. The second kappa shape index (κ2) is 8.14. The van der Waals surface area contributed by atoms with E-state index in [2.05, 4.69) is 6.92 Å². The number of nitrogens with zero attached hydrogens (tertiary/aromatic N) is 3. The van der Waals surface area contributed by atoms with Crippen molar-refractivity contribution in [2.75, 3.05) is 0 Å². The fraction of sp³-hybridized carbons (Fsp3) is 0.185. The molecule has 1 unspecified atom stereocenters. The molecule has 1 atom stereocenters. The summed E-state index contributed by atoms with van der Waals surface area (Å²) in [5, 5.41) is 0. The highest BCUT2D eigenvalue weighted by atomic mass is 16.7. The van der Waals surface area contributed by atoms with Crippen molar-refractivity contribution >= 4 is 12.6 Å². The molecule has 0 saturated carbocycles. The summed E-state index contributed by atoms with van der Waals surface area (Å²) < 4.78 is 12.5. The molecule has 5 rings (SSSR count). The van der Waals surface area contributed by atoms with E-state index in [-0.39, 0.29) is 0 Å². The second-order valence-corrected chi connectivity index (χ2v) is 8.93. The molecule has 1 fully saturated rings. The highest BCUT2D eigenvalue weighted by Gasteiger charge is 2.57. The summed E-state index contributed by atoms with van der Waals surface area (Å²) in [5.41, 5.74) is 2.32. The lowest BCUT2D eigenvalue weighted by atomic mass is 9.75. The van der Waals surface area contributed by atoms with Crippen molar-refractivity contribution in [2.24, 2.45) is 0 Å². The van der Waals surface area contributed by atoms with Crippen molar-refractivity contribution in [2.45, 2.75) is 32.0 Å². The van der Waals surface area contributed by atoms with Crippen LogP contribution in [0.2, 0.25) is 0 Å². The molecule has 1 aliphatic heterocycles. The van der Waals surface area contributed by atoms with Crippen LogP contribution in [0.5, 0.6) is 0 Å². The summed E-state index contributed by atoms with van der Waals surface area (Å²) in [4.78, 5) is 14.5. The van der Waals surface area contributed by atoms with Crippen molar-refractivity contribution in [3.8, 4) is 34.2 Å². The first-order valence-electron chi connectivity index (χ1n) is 11.0. The average Bonchev–Trinajstić information content (AvgIpc) is 3.06. The maximum Gasteiger partial charge on any atom is 0.498 e. The summed E-state index contributed by atoms with van der Waals surface area (Å²) in [6.45, 7) is 10.1. The lowest BCUT2D eigenvalue weighted by Crippen LogP contribution is -2.42. The van der Waals surface area contributed by atoms with Crippen LogP contribution in [0, 0.1) is 6.92 Å². The van der Waals surface area contributed by atoms with Crippen LogP contribution >= 0.6 is 0 Å². The number of hydrogen-bond donors (Lipinski definition) is 0. The summed E-state index contributed by atoms with van der Waals surface area (Å²) >= 11 is 0. The van der Waals surface area contributed by atoms with E-state index in [0.717, 1.165) is 22.2 Å². The largest absolute Gasteiger partial charge is 0.498 e. The van der Waals surface area contributed by atoms with Gasteiger partial charge in [0.2, 0.25) is 5.60 Å². The van der Waals surface area contributed by atoms with Gasteiger partial charge >= 0.3 is 7.12 Å². The Morgan fingerprint density at radius 1 is 0.636 bits per heavy atom. The topological polar surface area (TPSA) is 57.1 Å². The third-order valence-electron chi connectivity index (χ3n) is 6.20. The monoisotopic (exact) mass is 434 g/mol. The molecule has 1 aromatic heterocycles. The van der Waals surface area contributed by atoms with Crippen molar-refractivity contribution in [1.82, 2.24) is 15.0 Å². The first-order chi connectivity index (χ1) is 15.8. The molecule has 0 bridgehead atoms. The van der Waals surface area contributed by atoms with Gasteiger partial charge in [0.05, 0.1) is 6.92 Å². The molecule has 5 nitrogen and oxygen atoms in total. The molecule has 33 heavy (non-hydrogen) atoms. The van der Waals surface area contributed by atoms with Crippen LogP contribution in [0.1, 0.15) is 20.8 Å². The normalized spacial score (nSPS) is 19.5. The number of rotatable bonds is 4. The average molecular weight is 434 g/mol. The molecule has 0 amide bonds. The zero-order chi connectivity index (χ0) is 23.1. The Balaban J connectivity index is 1.66. The Kier molecular flexibility index (Phi) is 5.27. The van der Waals surface area contributed by atoms with E-state index in [9.17, 15) is 0 Å². The van der Waals surface area contributed by atoms with Gasteiger partial charge in [-0.25, -0.2) is 15.0 Å². The zero-order valence-corrected chi connectivity index (χ0v) is 19.0. The highest BCUT2D eigenvalue weighted by Crippen LogP contribution is 2.37. The van der Waals surface area contributed by atoms with Gasteiger partial charge in [-0.1, -0.05) is 84.9 Å². The Labute approximate surface area is 195 Å². The minimum absolute atomic E-state index is 0.547. The standard InChI is InChI=1S/C27H25BN3O2/c1-26(2)27(3,4)33-28(32-26)22-18-12-11-17-21(22)25-30-23(19-13-7-5-8-14-19)29-24(31-25)20-15-9-6-10-16-20/h5-18H,1H2,2-4H3/q+1. The molecular weight excluding hydrogens is 409 g/mol. The minimum Gasteiger partial charge on any atom is -0.395 e. The molecule has 0 spiro atoms. The summed E-state index contributed by atoms with van der Waals surface area (Å²) in [6, 6.07) is 27.8. The summed E-state index contributed by atoms with van der Waals surface area (Å²) in [6.07, 6.45) is 0. The maximum absolute atomic E-state index is 6.29. The highest BCUT2D eigenvalue weighted by molar-refractivity contribution is 6.63. The molecule has 1 aliphatic rings. The third kappa shape index (κ3) is 4.04. The van der Waals surface area contributed by atoms with Gasteiger partial charge in [0, 0.05) is 23.6 Å². The molecule has 0 radical (unpaired) electrons. The molecule has 0 N–H and O–H groups in total. The molecule has 3 aromatic carbocycles. The maximum atomic E-state index is 6.29. The second-order valence-electron chi connectivity index (χ2n) is 8.93. The number of aromatic nitrogens is 3. The summed E-state index contributed by atoms with van der Waals surface area (Å²) in [5.74, 6) is 1.80. The van der Waals surface area contributed by atoms with Crippen LogP contribution in [-0.4, -0.2) is 33.3 Å². The predicted octanol–water partition coefficient (Wildman–Crippen LogP) is 4.99. The van der Waals surface area contributed by atoms with Crippen molar-refractivity contribution in [1.29, 1.82) is 0 Å². The van der Waals surface area contributed by atoms with E-state index in [1.54, 1.807) is 0 Å². The van der Waals surface area contributed by atoms with Gasteiger partial charge in [0.25, 0.3) is 0 Å². The lowest BCUT2D eigenvalue weighted by molar-refractivity contribution is 0.0262. The van der Waals surface area contributed by atoms with Gasteiger partial charge < -0.3 is 9.31 Å². The van der Waals surface area contributed by atoms with E-state index in [1.165, 1.54) is 0 Å².